The number of unbranched alkanes of at least 4 members (excludes halogenated alkanes) is 1. The fourth-order valence-corrected chi connectivity index (χ4v) is 3.24. The average molecular weight is 527 g/mol. The zero-order chi connectivity index (χ0) is 27.9. The molecule has 0 aliphatic carbocycles. The first-order valence-corrected chi connectivity index (χ1v) is 12.7. The first-order valence-electron chi connectivity index (χ1n) is 12.7. The SMILES string of the molecule is CC(C)c1ccc(OCC(=O)NNC(=O)CCCCC(=O)NNC(=O)COc2ccc(C(C)C)cc2)cc1. The summed E-state index contributed by atoms with van der Waals surface area (Å²) in [6.07, 6.45) is 1.11. The molecule has 38 heavy (non-hydrogen) atoms. The van der Waals surface area contributed by atoms with Crippen LogP contribution in [0.4, 0.5) is 0 Å². The minimum absolute atomic E-state index is 0.126. The number of rotatable bonds is 13. The summed E-state index contributed by atoms with van der Waals surface area (Å²) in [6.45, 7) is 7.89. The van der Waals surface area contributed by atoms with Crippen molar-refractivity contribution >= 4 is 23.6 Å². The van der Waals surface area contributed by atoms with Gasteiger partial charge in [0.1, 0.15) is 11.5 Å². The van der Waals surface area contributed by atoms with Crippen LogP contribution in [0.25, 0.3) is 0 Å². The molecule has 0 atom stereocenters. The summed E-state index contributed by atoms with van der Waals surface area (Å²) in [4.78, 5) is 47.5. The van der Waals surface area contributed by atoms with Crippen molar-refractivity contribution in [1.82, 2.24) is 21.7 Å². The lowest BCUT2D eigenvalue weighted by atomic mass is 10.0. The van der Waals surface area contributed by atoms with Crippen molar-refractivity contribution in [3.05, 3.63) is 59.7 Å². The number of hydrogen-bond donors (Lipinski definition) is 4. The largest absolute Gasteiger partial charge is 0.484 e. The maximum atomic E-state index is 11.9. The Hall–Kier alpha value is -4.08. The van der Waals surface area contributed by atoms with E-state index in [9.17, 15) is 19.2 Å². The van der Waals surface area contributed by atoms with E-state index in [2.05, 4.69) is 49.4 Å². The first-order chi connectivity index (χ1) is 18.1. The number of hydrazine groups is 2. The van der Waals surface area contributed by atoms with Crippen molar-refractivity contribution < 1.29 is 28.7 Å². The number of amides is 4. The van der Waals surface area contributed by atoms with E-state index in [0.717, 1.165) is 0 Å². The van der Waals surface area contributed by atoms with Crippen LogP contribution in [0.3, 0.4) is 0 Å². The third-order valence-electron chi connectivity index (χ3n) is 5.57. The summed E-state index contributed by atoms with van der Waals surface area (Å²) in [6, 6.07) is 14.9. The summed E-state index contributed by atoms with van der Waals surface area (Å²) < 4.78 is 10.8. The van der Waals surface area contributed by atoms with Gasteiger partial charge in [-0.25, -0.2) is 0 Å². The number of hydrogen-bond acceptors (Lipinski definition) is 6. The lowest BCUT2D eigenvalue weighted by Crippen LogP contribution is -2.44. The molecular formula is C28H38N4O6. The van der Waals surface area contributed by atoms with Gasteiger partial charge in [0.05, 0.1) is 0 Å². The quantitative estimate of drug-likeness (QED) is 0.234. The Morgan fingerprint density at radius 1 is 0.553 bits per heavy atom. The number of nitrogens with one attached hydrogen (secondary N) is 4. The van der Waals surface area contributed by atoms with Crippen LogP contribution >= 0.6 is 0 Å². The molecule has 2 aromatic rings. The molecule has 0 fully saturated rings. The zero-order valence-electron chi connectivity index (χ0n) is 22.5. The fraction of sp³-hybridized carbons (Fsp3) is 0.429. The van der Waals surface area contributed by atoms with E-state index >= 15 is 0 Å². The third-order valence-corrected chi connectivity index (χ3v) is 5.57. The Kier molecular flexibility index (Phi) is 12.6. The first kappa shape index (κ1) is 30.1. The second kappa shape index (κ2) is 15.9. The minimum atomic E-state index is -0.488. The highest BCUT2D eigenvalue weighted by atomic mass is 16.5. The minimum Gasteiger partial charge on any atom is -0.484 e. The molecule has 4 N–H and O–H groups in total. The molecule has 0 saturated heterocycles. The molecule has 0 aliphatic rings. The van der Waals surface area contributed by atoms with Gasteiger partial charge >= 0.3 is 0 Å². The second-order valence-corrected chi connectivity index (χ2v) is 9.42. The van der Waals surface area contributed by atoms with Crippen LogP contribution in [0.1, 0.15) is 76.3 Å². The van der Waals surface area contributed by atoms with Gasteiger partial charge in [-0.05, 0) is 60.1 Å². The van der Waals surface area contributed by atoms with Crippen LogP contribution in [0.2, 0.25) is 0 Å². The van der Waals surface area contributed by atoms with E-state index in [-0.39, 0.29) is 37.9 Å². The van der Waals surface area contributed by atoms with Gasteiger partial charge in [-0.3, -0.25) is 40.9 Å². The Bertz CT molecular complexity index is 967. The van der Waals surface area contributed by atoms with Crippen LogP contribution in [-0.2, 0) is 19.2 Å². The molecule has 206 valence electrons. The van der Waals surface area contributed by atoms with Crippen molar-refractivity contribution in [2.75, 3.05) is 13.2 Å². The molecule has 0 unspecified atom stereocenters. The number of ether oxygens (including phenoxy) is 2. The van der Waals surface area contributed by atoms with Crippen LogP contribution in [-0.4, -0.2) is 36.8 Å². The van der Waals surface area contributed by atoms with E-state index in [0.29, 0.717) is 36.2 Å². The number of carbonyl (C=O) groups excluding carboxylic acids is 4. The van der Waals surface area contributed by atoms with Crippen molar-refractivity contribution in [3.8, 4) is 11.5 Å². The van der Waals surface area contributed by atoms with E-state index in [1.165, 1.54) is 11.1 Å². The Morgan fingerprint density at radius 2 is 0.868 bits per heavy atom. The molecule has 4 amide bonds. The smallest absolute Gasteiger partial charge is 0.276 e. The van der Waals surface area contributed by atoms with Crippen molar-refractivity contribution in [3.63, 3.8) is 0 Å². The molecule has 0 aliphatic heterocycles. The van der Waals surface area contributed by atoms with Crippen LogP contribution < -0.4 is 31.2 Å². The Balaban J connectivity index is 1.50. The number of carbonyl (C=O) groups is 4. The monoisotopic (exact) mass is 526 g/mol. The van der Waals surface area contributed by atoms with Gasteiger partial charge in [-0.1, -0.05) is 52.0 Å². The molecular weight excluding hydrogens is 488 g/mol. The summed E-state index contributed by atoms with van der Waals surface area (Å²) in [5.41, 5.74) is 11.6. The molecule has 0 bridgehead atoms. The second-order valence-electron chi connectivity index (χ2n) is 9.42. The highest BCUT2D eigenvalue weighted by Crippen LogP contribution is 2.19. The molecule has 2 rings (SSSR count). The van der Waals surface area contributed by atoms with Crippen LogP contribution in [0.5, 0.6) is 11.5 Å². The Labute approximate surface area is 223 Å². The van der Waals surface area contributed by atoms with Crippen LogP contribution in [0.15, 0.2) is 48.5 Å². The van der Waals surface area contributed by atoms with Gasteiger partial charge in [0.2, 0.25) is 11.8 Å². The van der Waals surface area contributed by atoms with Gasteiger partial charge in [-0.2, -0.15) is 0 Å². The molecule has 0 aromatic heterocycles. The van der Waals surface area contributed by atoms with E-state index in [1.54, 1.807) is 24.3 Å². The molecule has 0 spiro atoms. The topological polar surface area (TPSA) is 135 Å². The summed E-state index contributed by atoms with van der Waals surface area (Å²) >= 11 is 0. The van der Waals surface area contributed by atoms with Crippen LogP contribution in [0, 0.1) is 0 Å². The zero-order valence-corrected chi connectivity index (χ0v) is 22.5. The molecule has 10 nitrogen and oxygen atoms in total. The summed E-state index contributed by atoms with van der Waals surface area (Å²) in [7, 11) is 0. The molecule has 10 heteroatoms. The lowest BCUT2D eigenvalue weighted by molar-refractivity contribution is -0.130. The maximum Gasteiger partial charge on any atom is 0.276 e. The van der Waals surface area contributed by atoms with Gasteiger partial charge in [-0.15, -0.1) is 0 Å². The van der Waals surface area contributed by atoms with E-state index in [4.69, 9.17) is 9.47 Å². The van der Waals surface area contributed by atoms with E-state index in [1.807, 2.05) is 24.3 Å². The number of benzene rings is 2. The van der Waals surface area contributed by atoms with Gasteiger partial charge in [0.15, 0.2) is 13.2 Å². The molecule has 0 radical (unpaired) electrons. The lowest BCUT2D eigenvalue weighted by Gasteiger charge is -2.10. The van der Waals surface area contributed by atoms with Crippen molar-refractivity contribution in [1.29, 1.82) is 0 Å². The highest BCUT2D eigenvalue weighted by Gasteiger charge is 2.09. The standard InChI is InChI=1S/C28H38N4O6/c1-19(2)21-9-13-23(14-10-21)37-17-27(35)31-29-25(33)7-5-6-8-26(34)30-32-28(36)18-38-24-15-11-22(12-16-24)20(3)4/h9-16,19-20H,5-8,17-18H2,1-4H3,(H,29,33)(H,30,34)(H,31,35)(H,32,36). The average Bonchev–Trinajstić information content (AvgIpc) is 2.91. The predicted molar refractivity (Wildman–Crippen MR) is 143 cm³/mol. The summed E-state index contributed by atoms with van der Waals surface area (Å²) in [5, 5.41) is 0. The Morgan fingerprint density at radius 3 is 1.18 bits per heavy atom. The van der Waals surface area contributed by atoms with Crippen molar-refractivity contribution in [2.45, 2.75) is 65.2 Å². The van der Waals surface area contributed by atoms with Gasteiger partial charge in [0, 0.05) is 12.8 Å². The normalized spacial score (nSPS) is 10.6. The van der Waals surface area contributed by atoms with E-state index < -0.39 is 11.8 Å². The maximum absolute atomic E-state index is 11.9. The predicted octanol–water partition coefficient (Wildman–Crippen LogP) is 3.25. The summed E-state index contributed by atoms with van der Waals surface area (Å²) in [5.74, 6) is 0.196. The van der Waals surface area contributed by atoms with Gasteiger partial charge < -0.3 is 9.47 Å². The fourth-order valence-electron chi connectivity index (χ4n) is 3.24. The van der Waals surface area contributed by atoms with Gasteiger partial charge in [0.25, 0.3) is 11.8 Å². The molecule has 0 heterocycles. The van der Waals surface area contributed by atoms with Crippen molar-refractivity contribution in [2.24, 2.45) is 0 Å². The molecule has 2 aromatic carbocycles. The highest BCUT2D eigenvalue weighted by molar-refractivity contribution is 5.83. The molecule has 0 saturated carbocycles. The third kappa shape index (κ3) is 11.8.